The topological polar surface area (TPSA) is 12.0 Å². The molecule has 0 aromatic rings. The average Bonchev–Trinajstić information content (AvgIpc) is 2.33. The first-order chi connectivity index (χ1) is 4.47. The van der Waals surface area contributed by atoms with Gasteiger partial charge in [-0.2, -0.15) is 11.8 Å². The van der Waals surface area contributed by atoms with E-state index < -0.39 is 0 Å². The molecule has 0 spiro atoms. The summed E-state index contributed by atoms with van der Waals surface area (Å²) in [6.07, 6.45) is 1.43. The van der Waals surface area contributed by atoms with E-state index in [9.17, 15) is 0 Å². The van der Waals surface area contributed by atoms with Crippen molar-refractivity contribution in [2.75, 3.05) is 24.6 Å². The van der Waals surface area contributed by atoms with Gasteiger partial charge in [0.15, 0.2) is 0 Å². The van der Waals surface area contributed by atoms with Gasteiger partial charge in [0, 0.05) is 0 Å². The standard InChI is InChI=1S/C7H13NS/c1-2-8-3-7-5-9-4-6(1)7/h6-8H,1-5H2. The van der Waals surface area contributed by atoms with E-state index in [1.165, 1.54) is 31.0 Å². The van der Waals surface area contributed by atoms with Gasteiger partial charge in [-0.1, -0.05) is 0 Å². The zero-order valence-electron chi connectivity index (χ0n) is 5.60. The highest BCUT2D eigenvalue weighted by atomic mass is 32.2. The Bertz CT molecular complexity index is 93.1. The summed E-state index contributed by atoms with van der Waals surface area (Å²) in [4.78, 5) is 0. The van der Waals surface area contributed by atoms with Crippen LogP contribution in [0.3, 0.4) is 0 Å². The molecule has 0 aliphatic carbocycles. The van der Waals surface area contributed by atoms with E-state index in [2.05, 4.69) is 17.1 Å². The fourth-order valence-electron chi connectivity index (χ4n) is 1.76. The minimum absolute atomic E-state index is 1.02. The maximum Gasteiger partial charge on any atom is -0.000966 e. The number of rotatable bonds is 0. The fourth-order valence-corrected chi connectivity index (χ4v) is 3.33. The number of hydrogen-bond acceptors (Lipinski definition) is 2. The van der Waals surface area contributed by atoms with E-state index in [1.54, 1.807) is 0 Å². The van der Waals surface area contributed by atoms with Crippen LogP contribution >= 0.6 is 11.8 Å². The Labute approximate surface area is 60.6 Å². The van der Waals surface area contributed by atoms with Crippen LogP contribution < -0.4 is 5.32 Å². The van der Waals surface area contributed by atoms with Crippen LogP contribution in [0.4, 0.5) is 0 Å². The molecule has 0 saturated carbocycles. The van der Waals surface area contributed by atoms with Crippen molar-refractivity contribution >= 4 is 11.8 Å². The normalized spacial score (nSPS) is 42.7. The van der Waals surface area contributed by atoms with E-state index >= 15 is 0 Å². The number of piperidine rings is 1. The molecule has 2 aliphatic rings. The second kappa shape index (κ2) is 2.51. The zero-order chi connectivity index (χ0) is 6.10. The molecule has 2 fully saturated rings. The Kier molecular flexibility index (Phi) is 1.68. The third kappa shape index (κ3) is 1.10. The highest BCUT2D eigenvalue weighted by Crippen LogP contribution is 2.33. The number of nitrogens with one attached hydrogen (secondary N) is 1. The molecule has 2 unspecified atom stereocenters. The first kappa shape index (κ1) is 6.05. The highest BCUT2D eigenvalue weighted by Gasteiger charge is 2.29. The van der Waals surface area contributed by atoms with Gasteiger partial charge in [0.25, 0.3) is 0 Å². The van der Waals surface area contributed by atoms with Crippen LogP contribution in [-0.4, -0.2) is 24.6 Å². The summed E-state index contributed by atoms with van der Waals surface area (Å²) < 4.78 is 0. The van der Waals surface area contributed by atoms with E-state index in [-0.39, 0.29) is 0 Å². The lowest BCUT2D eigenvalue weighted by Crippen LogP contribution is -2.35. The Hall–Kier alpha value is 0.310. The molecule has 9 heavy (non-hydrogen) atoms. The highest BCUT2D eigenvalue weighted by molar-refractivity contribution is 7.99. The number of hydrogen-bond donors (Lipinski definition) is 1. The number of fused-ring (bicyclic) bond motifs is 1. The third-order valence-corrected chi connectivity index (χ3v) is 3.76. The predicted molar refractivity (Wildman–Crippen MR) is 41.8 cm³/mol. The molecule has 0 radical (unpaired) electrons. The van der Waals surface area contributed by atoms with Crippen molar-refractivity contribution in [3.05, 3.63) is 0 Å². The monoisotopic (exact) mass is 143 g/mol. The smallest absolute Gasteiger partial charge is 0.000966 e. The second-order valence-corrected chi connectivity index (χ2v) is 4.13. The lowest BCUT2D eigenvalue weighted by Gasteiger charge is -2.24. The quantitative estimate of drug-likeness (QED) is 0.542. The van der Waals surface area contributed by atoms with Gasteiger partial charge >= 0.3 is 0 Å². The molecule has 2 heterocycles. The summed E-state index contributed by atoms with van der Waals surface area (Å²) in [6, 6.07) is 0. The van der Waals surface area contributed by atoms with Gasteiger partial charge in [-0.25, -0.2) is 0 Å². The molecule has 1 N–H and O–H groups in total. The van der Waals surface area contributed by atoms with Crippen LogP contribution in [0.5, 0.6) is 0 Å². The van der Waals surface area contributed by atoms with Gasteiger partial charge in [-0.3, -0.25) is 0 Å². The Balaban J connectivity index is 1.97. The van der Waals surface area contributed by atoms with Crippen molar-refractivity contribution in [2.45, 2.75) is 6.42 Å². The van der Waals surface area contributed by atoms with Gasteiger partial charge in [-0.05, 0) is 42.9 Å². The third-order valence-electron chi connectivity index (χ3n) is 2.43. The average molecular weight is 143 g/mol. The molecular weight excluding hydrogens is 130 g/mol. The molecule has 52 valence electrons. The summed E-state index contributed by atoms with van der Waals surface area (Å²) in [6.45, 7) is 2.55. The maximum absolute atomic E-state index is 3.44. The summed E-state index contributed by atoms with van der Waals surface area (Å²) in [7, 11) is 0. The maximum atomic E-state index is 3.44. The van der Waals surface area contributed by atoms with Crippen LogP contribution in [0.2, 0.25) is 0 Å². The van der Waals surface area contributed by atoms with Gasteiger partial charge < -0.3 is 5.32 Å². The van der Waals surface area contributed by atoms with Crippen LogP contribution in [0.25, 0.3) is 0 Å². The fraction of sp³-hybridized carbons (Fsp3) is 1.00. The van der Waals surface area contributed by atoms with Gasteiger partial charge in [0.05, 0.1) is 0 Å². The molecule has 2 aliphatic heterocycles. The minimum atomic E-state index is 1.02. The molecule has 2 saturated heterocycles. The van der Waals surface area contributed by atoms with Gasteiger partial charge in [-0.15, -0.1) is 0 Å². The van der Waals surface area contributed by atoms with Crippen molar-refractivity contribution in [2.24, 2.45) is 11.8 Å². The number of thioether (sulfide) groups is 1. The van der Waals surface area contributed by atoms with Crippen molar-refractivity contribution in [1.29, 1.82) is 0 Å². The van der Waals surface area contributed by atoms with Crippen LogP contribution in [0.15, 0.2) is 0 Å². The first-order valence-corrected chi connectivity index (χ1v) is 4.91. The van der Waals surface area contributed by atoms with Crippen molar-refractivity contribution in [3.8, 4) is 0 Å². The zero-order valence-corrected chi connectivity index (χ0v) is 6.41. The van der Waals surface area contributed by atoms with Crippen molar-refractivity contribution in [3.63, 3.8) is 0 Å². The van der Waals surface area contributed by atoms with Crippen LogP contribution in [0, 0.1) is 11.8 Å². The molecular formula is C7H13NS. The van der Waals surface area contributed by atoms with E-state index in [0.717, 1.165) is 11.8 Å². The minimum Gasteiger partial charge on any atom is -0.316 e. The molecule has 0 amide bonds. The molecule has 0 aromatic heterocycles. The predicted octanol–water partition coefficient (Wildman–Crippen LogP) is 0.959. The Morgan fingerprint density at radius 2 is 2.11 bits per heavy atom. The Morgan fingerprint density at radius 3 is 3.00 bits per heavy atom. The van der Waals surface area contributed by atoms with E-state index in [0.29, 0.717) is 0 Å². The van der Waals surface area contributed by atoms with Crippen molar-refractivity contribution < 1.29 is 0 Å². The molecule has 0 bridgehead atoms. The lowest BCUT2D eigenvalue weighted by atomic mass is 9.90. The first-order valence-electron chi connectivity index (χ1n) is 3.75. The van der Waals surface area contributed by atoms with Gasteiger partial charge in [0.1, 0.15) is 0 Å². The second-order valence-electron chi connectivity index (χ2n) is 3.05. The summed E-state index contributed by atoms with van der Waals surface area (Å²) in [5.74, 6) is 4.93. The van der Waals surface area contributed by atoms with Crippen molar-refractivity contribution in [1.82, 2.24) is 5.32 Å². The molecule has 2 atom stereocenters. The van der Waals surface area contributed by atoms with Gasteiger partial charge in [0.2, 0.25) is 0 Å². The molecule has 1 nitrogen and oxygen atoms in total. The van der Waals surface area contributed by atoms with Crippen LogP contribution in [0.1, 0.15) is 6.42 Å². The summed E-state index contributed by atoms with van der Waals surface area (Å²) in [5.41, 5.74) is 0. The largest absolute Gasteiger partial charge is 0.316 e. The molecule has 2 heteroatoms. The van der Waals surface area contributed by atoms with E-state index in [1.807, 2.05) is 0 Å². The van der Waals surface area contributed by atoms with E-state index in [4.69, 9.17) is 0 Å². The molecule has 2 rings (SSSR count). The molecule has 0 aromatic carbocycles. The van der Waals surface area contributed by atoms with Crippen LogP contribution in [-0.2, 0) is 0 Å². The SMILES string of the molecule is C1CC2CSCC2CN1. The Morgan fingerprint density at radius 1 is 1.22 bits per heavy atom. The lowest BCUT2D eigenvalue weighted by molar-refractivity contribution is 0.318. The summed E-state index contributed by atoms with van der Waals surface area (Å²) in [5, 5.41) is 3.44. The summed E-state index contributed by atoms with van der Waals surface area (Å²) >= 11 is 2.14.